The van der Waals surface area contributed by atoms with Gasteiger partial charge in [0, 0.05) is 17.7 Å². The van der Waals surface area contributed by atoms with Crippen molar-refractivity contribution in [3.05, 3.63) is 84.1 Å². The summed E-state index contributed by atoms with van der Waals surface area (Å²) in [5.41, 5.74) is 0.486. The number of esters is 1. The highest BCUT2D eigenvalue weighted by Crippen LogP contribution is 2.67. The van der Waals surface area contributed by atoms with E-state index < -0.39 is 21.7 Å². The molecule has 4 nitrogen and oxygen atoms in total. The summed E-state index contributed by atoms with van der Waals surface area (Å²) in [6, 6.07) is 18.1. The number of alkyl halides is 2. The summed E-state index contributed by atoms with van der Waals surface area (Å²) >= 11 is 13.3. The molecule has 0 saturated heterocycles. The second-order valence-corrected chi connectivity index (χ2v) is 8.86. The maximum atomic E-state index is 13.1. The van der Waals surface area contributed by atoms with Crippen molar-refractivity contribution in [3.8, 4) is 0 Å². The normalized spacial score (nSPS) is 26.5. The summed E-state index contributed by atoms with van der Waals surface area (Å²) in [6.45, 7) is 2.02. The first-order valence-corrected chi connectivity index (χ1v) is 10.3. The molecule has 0 unspecified atom stereocenters. The fourth-order valence-corrected chi connectivity index (χ4v) is 5.21. The molecule has 1 heterocycles. The van der Waals surface area contributed by atoms with Gasteiger partial charge in [0.2, 0.25) is 0 Å². The predicted octanol–water partition coefficient (Wildman–Crippen LogP) is 4.62. The predicted molar refractivity (Wildman–Crippen MR) is 113 cm³/mol. The van der Waals surface area contributed by atoms with Crippen LogP contribution in [0.15, 0.2) is 72.9 Å². The number of fused-ring (bicyclic) bond motifs is 1. The van der Waals surface area contributed by atoms with Gasteiger partial charge in [0.25, 0.3) is 5.91 Å². The highest BCUT2D eigenvalue weighted by molar-refractivity contribution is 6.52. The van der Waals surface area contributed by atoms with Crippen LogP contribution in [0.1, 0.15) is 22.8 Å². The molecule has 2 aromatic carbocycles. The van der Waals surface area contributed by atoms with Crippen LogP contribution in [0.5, 0.6) is 0 Å². The van der Waals surface area contributed by atoms with Crippen LogP contribution < -0.4 is 0 Å². The largest absolute Gasteiger partial charge is 0.465 e. The summed E-state index contributed by atoms with van der Waals surface area (Å²) in [5.74, 6) is -1.03. The highest BCUT2D eigenvalue weighted by atomic mass is 35.5. The third kappa shape index (κ3) is 3.34. The van der Waals surface area contributed by atoms with E-state index in [9.17, 15) is 9.59 Å². The molecule has 2 aromatic rings. The Hall–Kier alpha value is -2.30. The fraction of sp³-hybridized carbons (Fsp3) is 0.304. The van der Waals surface area contributed by atoms with E-state index in [2.05, 4.69) is 0 Å². The maximum absolute atomic E-state index is 13.1. The Morgan fingerprint density at radius 1 is 1.03 bits per heavy atom. The van der Waals surface area contributed by atoms with E-state index in [1.807, 2.05) is 36.4 Å². The number of nitrogens with zero attached hydrogens (tertiary/aromatic N) is 1. The smallest absolute Gasteiger partial charge is 0.316 e. The number of ether oxygens (including phenoxy) is 1. The van der Waals surface area contributed by atoms with Gasteiger partial charge in [0.05, 0.1) is 18.1 Å². The van der Waals surface area contributed by atoms with Crippen LogP contribution in [0.4, 0.5) is 0 Å². The van der Waals surface area contributed by atoms with Gasteiger partial charge < -0.3 is 9.64 Å². The molecule has 1 amide bonds. The first-order chi connectivity index (χ1) is 13.9. The topological polar surface area (TPSA) is 46.6 Å². The molecule has 0 aromatic heterocycles. The average Bonchev–Trinajstić information content (AvgIpc) is 3.32. The first kappa shape index (κ1) is 20.0. The SMILES string of the molecule is CCOC(=O)[C@]1(Cc2ccccc2)C=CN(C(=O)c2ccccc2)[C@H]2[C@@H]1C2(Cl)Cl. The van der Waals surface area contributed by atoms with Crippen molar-refractivity contribution in [2.75, 3.05) is 6.61 Å². The zero-order valence-electron chi connectivity index (χ0n) is 15.9. The molecule has 0 spiro atoms. The molecule has 150 valence electrons. The van der Waals surface area contributed by atoms with Crippen molar-refractivity contribution in [2.24, 2.45) is 11.3 Å². The zero-order chi connectivity index (χ0) is 20.6. The molecule has 0 radical (unpaired) electrons. The summed E-state index contributed by atoms with van der Waals surface area (Å²) < 4.78 is 4.18. The lowest BCUT2D eigenvalue weighted by Crippen LogP contribution is -2.43. The van der Waals surface area contributed by atoms with E-state index >= 15 is 0 Å². The minimum atomic E-state index is -1.24. The molecule has 4 rings (SSSR count). The van der Waals surface area contributed by atoms with Crippen LogP contribution in [-0.4, -0.2) is 33.8 Å². The molecule has 6 heteroatoms. The molecular formula is C23H21Cl2NO3. The van der Waals surface area contributed by atoms with Gasteiger partial charge in [0.15, 0.2) is 0 Å². The van der Waals surface area contributed by atoms with Gasteiger partial charge in [-0.1, -0.05) is 77.8 Å². The Bertz CT molecular complexity index is 945. The van der Waals surface area contributed by atoms with Gasteiger partial charge >= 0.3 is 5.97 Å². The van der Waals surface area contributed by atoms with Crippen molar-refractivity contribution in [1.29, 1.82) is 0 Å². The minimum absolute atomic E-state index is 0.197. The monoisotopic (exact) mass is 429 g/mol. The average molecular weight is 430 g/mol. The molecule has 1 aliphatic carbocycles. The van der Waals surface area contributed by atoms with Crippen LogP contribution in [0.25, 0.3) is 0 Å². The van der Waals surface area contributed by atoms with Crippen LogP contribution >= 0.6 is 23.2 Å². The van der Waals surface area contributed by atoms with Crippen molar-refractivity contribution < 1.29 is 14.3 Å². The fourth-order valence-electron chi connectivity index (χ4n) is 4.25. The molecule has 0 N–H and O–H groups in total. The summed E-state index contributed by atoms with van der Waals surface area (Å²) in [4.78, 5) is 27.7. The lowest BCUT2D eigenvalue weighted by Gasteiger charge is -2.34. The van der Waals surface area contributed by atoms with Gasteiger partial charge in [-0.2, -0.15) is 0 Å². The summed E-state index contributed by atoms with van der Waals surface area (Å²) in [6.07, 6.45) is 3.79. The Balaban J connectivity index is 1.74. The molecule has 0 bridgehead atoms. The van der Waals surface area contributed by atoms with E-state index in [-0.39, 0.29) is 18.5 Å². The lowest BCUT2D eigenvalue weighted by molar-refractivity contribution is -0.154. The van der Waals surface area contributed by atoms with Gasteiger partial charge in [-0.25, -0.2) is 0 Å². The number of carbonyl (C=O) groups is 2. The minimum Gasteiger partial charge on any atom is -0.465 e. The van der Waals surface area contributed by atoms with Crippen molar-refractivity contribution in [1.82, 2.24) is 4.90 Å². The van der Waals surface area contributed by atoms with Gasteiger partial charge in [-0.15, -0.1) is 0 Å². The quantitative estimate of drug-likeness (QED) is 0.514. The van der Waals surface area contributed by atoms with Gasteiger partial charge in [-0.3, -0.25) is 9.59 Å². The summed E-state index contributed by atoms with van der Waals surface area (Å²) in [5, 5.41) is 0. The number of carbonyl (C=O) groups excluding carboxylic acids is 2. The number of hydrogen-bond donors (Lipinski definition) is 0. The summed E-state index contributed by atoms with van der Waals surface area (Å²) in [7, 11) is 0. The molecular weight excluding hydrogens is 409 g/mol. The second-order valence-electron chi connectivity index (χ2n) is 7.41. The highest BCUT2D eigenvalue weighted by Gasteiger charge is 2.77. The number of amides is 1. The lowest BCUT2D eigenvalue weighted by atomic mass is 9.75. The number of benzene rings is 2. The van der Waals surface area contributed by atoms with Crippen molar-refractivity contribution in [2.45, 2.75) is 23.7 Å². The maximum Gasteiger partial charge on any atom is 0.316 e. The van der Waals surface area contributed by atoms with E-state index in [1.54, 1.807) is 48.4 Å². The first-order valence-electron chi connectivity index (χ1n) is 9.58. The Morgan fingerprint density at radius 3 is 2.28 bits per heavy atom. The third-order valence-corrected chi connectivity index (χ3v) is 6.57. The van der Waals surface area contributed by atoms with Crippen LogP contribution in [0, 0.1) is 11.3 Å². The number of hydrogen-bond acceptors (Lipinski definition) is 3. The van der Waals surface area contributed by atoms with E-state index in [1.165, 1.54) is 0 Å². The molecule has 2 aliphatic rings. The van der Waals surface area contributed by atoms with Crippen molar-refractivity contribution >= 4 is 35.1 Å². The molecule has 29 heavy (non-hydrogen) atoms. The Morgan fingerprint density at radius 2 is 1.66 bits per heavy atom. The van der Waals surface area contributed by atoms with E-state index in [4.69, 9.17) is 27.9 Å². The molecule has 1 aliphatic heterocycles. The third-order valence-electron chi connectivity index (χ3n) is 5.65. The van der Waals surface area contributed by atoms with Gasteiger partial charge in [0.1, 0.15) is 4.33 Å². The Kier molecular flexibility index (Phi) is 5.18. The molecule has 3 atom stereocenters. The van der Waals surface area contributed by atoms with Crippen LogP contribution in [0.3, 0.4) is 0 Å². The van der Waals surface area contributed by atoms with E-state index in [0.29, 0.717) is 12.0 Å². The van der Waals surface area contributed by atoms with Crippen molar-refractivity contribution in [3.63, 3.8) is 0 Å². The standard InChI is InChI=1S/C23H21Cl2NO3/c1-2-29-21(28)22(15-16-9-5-3-6-10-16)13-14-26(19-18(22)23(19,24)25)20(27)17-11-7-4-8-12-17/h3-14,18-19H,2,15H2,1H3/t18-,19-,22-/m0/s1. The zero-order valence-corrected chi connectivity index (χ0v) is 17.4. The van der Waals surface area contributed by atoms with Crippen LogP contribution in [-0.2, 0) is 16.0 Å². The van der Waals surface area contributed by atoms with E-state index in [0.717, 1.165) is 5.56 Å². The molecule has 1 saturated carbocycles. The number of halogens is 2. The van der Waals surface area contributed by atoms with Gasteiger partial charge in [-0.05, 0) is 31.0 Å². The second kappa shape index (κ2) is 7.51. The Labute approximate surface area is 180 Å². The number of rotatable bonds is 5. The molecule has 1 fully saturated rings. The van der Waals surface area contributed by atoms with Crippen LogP contribution in [0.2, 0.25) is 0 Å².